The van der Waals surface area contributed by atoms with Crippen molar-refractivity contribution < 1.29 is 33.8 Å². The highest BCUT2D eigenvalue weighted by Crippen LogP contribution is 2.09. The zero-order chi connectivity index (χ0) is 18.8. The standard InChI is InChI=1S/C16H19NO7S/c1-10(2)13(18)17-12(14(19)20)8-25-16(22)24-9-23-15(21)11-6-4-3-5-7-11/h3-7,10,12H,8-9H2,1-2H3,(H,17,18)(H,19,20)/t12-/m0/s1. The SMILES string of the molecule is CC(C)C(=O)N[C@@H](CSC(=O)OCOC(=O)c1ccccc1)C(=O)O. The molecule has 0 bridgehead atoms. The van der Waals surface area contributed by atoms with E-state index in [1.807, 2.05) is 0 Å². The highest BCUT2D eigenvalue weighted by Gasteiger charge is 2.23. The highest BCUT2D eigenvalue weighted by molar-refractivity contribution is 8.13. The maximum Gasteiger partial charge on any atom is 0.370 e. The van der Waals surface area contributed by atoms with Gasteiger partial charge in [0.15, 0.2) is 0 Å². The van der Waals surface area contributed by atoms with Gasteiger partial charge in [0.1, 0.15) is 6.04 Å². The monoisotopic (exact) mass is 369 g/mol. The summed E-state index contributed by atoms with van der Waals surface area (Å²) >= 11 is 0.566. The Kier molecular flexibility index (Phi) is 8.48. The molecule has 0 saturated carbocycles. The summed E-state index contributed by atoms with van der Waals surface area (Å²) in [7, 11) is 0. The molecule has 0 heterocycles. The molecule has 136 valence electrons. The second kappa shape index (κ2) is 10.3. The lowest BCUT2D eigenvalue weighted by Gasteiger charge is -2.15. The fourth-order valence-corrected chi connectivity index (χ4v) is 2.15. The van der Waals surface area contributed by atoms with Crippen molar-refractivity contribution in [2.24, 2.45) is 5.92 Å². The average molecular weight is 369 g/mol. The first-order valence-corrected chi connectivity index (χ1v) is 8.34. The van der Waals surface area contributed by atoms with Crippen LogP contribution in [0.25, 0.3) is 0 Å². The van der Waals surface area contributed by atoms with Crippen molar-refractivity contribution in [3.05, 3.63) is 35.9 Å². The molecule has 1 rings (SSSR count). The Morgan fingerprint density at radius 3 is 2.32 bits per heavy atom. The minimum Gasteiger partial charge on any atom is -0.480 e. The van der Waals surface area contributed by atoms with E-state index in [0.717, 1.165) is 0 Å². The number of hydrogen-bond donors (Lipinski definition) is 2. The Labute approximate surface area is 148 Å². The van der Waals surface area contributed by atoms with Crippen molar-refractivity contribution in [1.82, 2.24) is 5.32 Å². The first-order chi connectivity index (χ1) is 11.8. The Morgan fingerprint density at radius 1 is 1.12 bits per heavy atom. The van der Waals surface area contributed by atoms with Crippen molar-refractivity contribution in [3.8, 4) is 0 Å². The predicted octanol–water partition coefficient (Wildman–Crippen LogP) is 1.90. The molecule has 0 spiro atoms. The van der Waals surface area contributed by atoms with E-state index in [-0.39, 0.29) is 11.7 Å². The van der Waals surface area contributed by atoms with Gasteiger partial charge in [0, 0.05) is 11.7 Å². The van der Waals surface area contributed by atoms with Crippen molar-refractivity contribution in [1.29, 1.82) is 0 Å². The van der Waals surface area contributed by atoms with E-state index in [1.54, 1.807) is 44.2 Å². The van der Waals surface area contributed by atoms with Crippen LogP contribution in [0.3, 0.4) is 0 Å². The third-order valence-electron chi connectivity index (χ3n) is 2.88. The molecule has 1 aromatic carbocycles. The normalized spacial score (nSPS) is 11.5. The van der Waals surface area contributed by atoms with Gasteiger partial charge in [-0.05, 0) is 23.9 Å². The summed E-state index contributed by atoms with van der Waals surface area (Å²) in [6.07, 6.45) is 0. The number of carboxylic acid groups (broad SMARTS) is 1. The fourth-order valence-electron chi connectivity index (χ4n) is 1.49. The number of carbonyl (C=O) groups excluding carboxylic acids is 3. The Balaban J connectivity index is 2.34. The highest BCUT2D eigenvalue weighted by atomic mass is 32.2. The minimum absolute atomic E-state index is 0.209. The molecular formula is C16H19NO7S. The van der Waals surface area contributed by atoms with Gasteiger partial charge in [-0.15, -0.1) is 0 Å². The number of esters is 1. The van der Waals surface area contributed by atoms with Gasteiger partial charge >= 0.3 is 17.2 Å². The lowest BCUT2D eigenvalue weighted by Crippen LogP contribution is -2.44. The number of carboxylic acids is 1. The van der Waals surface area contributed by atoms with E-state index >= 15 is 0 Å². The smallest absolute Gasteiger partial charge is 0.370 e. The molecular weight excluding hydrogens is 350 g/mol. The molecule has 0 aliphatic carbocycles. The van der Waals surface area contributed by atoms with Gasteiger partial charge < -0.3 is 19.9 Å². The maximum absolute atomic E-state index is 11.6. The van der Waals surface area contributed by atoms with Gasteiger partial charge in [0.25, 0.3) is 0 Å². The van der Waals surface area contributed by atoms with E-state index in [1.165, 1.54) is 0 Å². The second-order valence-electron chi connectivity index (χ2n) is 5.18. The molecule has 0 aromatic heterocycles. The van der Waals surface area contributed by atoms with E-state index in [0.29, 0.717) is 17.3 Å². The minimum atomic E-state index is -1.26. The van der Waals surface area contributed by atoms with Gasteiger partial charge in [-0.3, -0.25) is 4.79 Å². The van der Waals surface area contributed by atoms with Crippen LogP contribution in [0.1, 0.15) is 24.2 Å². The topological polar surface area (TPSA) is 119 Å². The molecule has 1 atom stereocenters. The summed E-state index contributed by atoms with van der Waals surface area (Å²) in [5.41, 5.74) is 0.313. The molecule has 8 nitrogen and oxygen atoms in total. The van der Waals surface area contributed by atoms with Crippen LogP contribution < -0.4 is 5.32 Å². The van der Waals surface area contributed by atoms with Crippen molar-refractivity contribution in [2.75, 3.05) is 12.5 Å². The van der Waals surface area contributed by atoms with E-state index < -0.39 is 36.0 Å². The number of thioether (sulfide) groups is 1. The average Bonchev–Trinajstić information content (AvgIpc) is 2.58. The number of benzene rings is 1. The molecule has 0 radical (unpaired) electrons. The largest absolute Gasteiger partial charge is 0.480 e. The third-order valence-corrected chi connectivity index (χ3v) is 3.74. The van der Waals surface area contributed by atoms with E-state index in [9.17, 15) is 19.2 Å². The van der Waals surface area contributed by atoms with E-state index in [4.69, 9.17) is 14.6 Å². The van der Waals surface area contributed by atoms with Gasteiger partial charge in [-0.2, -0.15) is 0 Å². The fraction of sp³-hybridized carbons (Fsp3) is 0.375. The number of carbonyl (C=O) groups is 4. The number of hydrogen-bond acceptors (Lipinski definition) is 7. The van der Waals surface area contributed by atoms with Gasteiger partial charge in [-0.1, -0.05) is 32.0 Å². The number of rotatable bonds is 8. The number of amides is 1. The number of nitrogens with one attached hydrogen (secondary N) is 1. The summed E-state index contributed by atoms with van der Waals surface area (Å²) in [4.78, 5) is 45.8. The van der Waals surface area contributed by atoms with Crippen LogP contribution >= 0.6 is 11.8 Å². The molecule has 0 aliphatic heterocycles. The summed E-state index contributed by atoms with van der Waals surface area (Å²) in [5.74, 6) is -2.93. The molecule has 0 unspecified atom stereocenters. The Bertz CT molecular complexity index is 618. The maximum atomic E-state index is 11.6. The lowest BCUT2D eigenvalue weighted by molar-refractivity contribution is -0.141. The van der Waals surface area contributed by atoms with Crippen LogP contribution in [0, 0.1) is 5.92 Å². The predicted molar refractivity (Wildman–Crippen MR) is 90.1 cm³/mol. The summed E-state index contributed by atoms with van der Waals surface area (Å²) in [5, 5.41) is 10.5. The number of aliphatic carboxylic acids is 1. The van der Waals surface area contributed by atoms with Crippen LogP contribution in [0.4, 0.5) is 4.79 Å². The van der Waals surface area contributed by atoms with Crippen molar-refractivity contribution in [2.45, 2.75) is 19.9 Å². The Morgan fingerprint density at radius 2 is 1.76 bits per heavy atom. The van der Waals surface area contributed by atoms with Gasteiger partial charge in [0.05, 0.1) is 5.56 Å². The third kappa shape index (κ3) is 7.71. The zero-order valence-electron chi connectivity index (χ0n) is 13.8. The Hall–Kier alpha value is -2.55. The van der Waals surface area contributed by atoms with Crippen LogP contribution in [-0.4, -0.2) is 46.8 Å². The molecule has 0 saturated heterocycles. The molecule has 9 heteroatoms. The molecule has 0 fully saturated rings. The summed E-state index contributed by atoms with van der Waals surface area (Å²) in [6, 6.07) is 6.94. The molecule has 1 amide bonds. The van der Waals surface area contributed by atoms with Crippen LogP contribution in [0.2, 0.25) is 0 Å². The molecule has 2 N–H and O–H groups in total. The second-order valence-corrected chi connectivity index (χ2v) is 6.13. The van der Waals surface area contributed by atoms with Crippen LogP contribution in [0.15, 0.2) is 30.3 Å². The molecule has 0 aliphatic rings. The van der Waals surface area contributed by atoms with E-state index in [2.05, 4.69) is 5.32 Å². The van der Waals surface area contributed by atoms with Crippen molar-refractivity contribution >= 4 is 34.9 Å². The van der Waals surface area contributed by atoms with Gasteiger partial charge in [0.2, 0.25) is 12.7 Å². The molecule has 25 heavy (non-hydrogen) atoms. The zero-order valence-corrected chi connectivity index (χ0v) is 14.6. The summed E-state index contributed by atoms with van der Waals surface area (Å²) in [6.45, 7) is 2.66. The van der Waals surface area contributed by atoms with Crippen molar-refractivity contribution in [3.63, 3.8) is 0 Å². The lowest BCUT2D eigenvalue weighted by atomic mass is 10.2. The first-order valence-electron chi connectivity index (χ1n) is 7.36. The quantitative estimate of drug-likeness (QED) is 0.527. The van der Waals surface area contributed by atoms with Crippen LogP contribution in [-0.2, 0) is 19.1 Å². The van der Waals surface area contributed by atoms with Crippen LogP contribution in [0.5, 0.6) is 0 Å². The number of ether oxygens (including phenoxy) is 2. The molecule has 1 aromatic rings. The first kappa shape index (κ1) is 20.5. The van der Waals surface area contributed by atoms with Gasteiger partial charge in [-0.25, -0.2) is 14.4 Å². The summed E-state index contributed by atoms with van der Waals surface area (Å²) < 4.78 is 9.46.